The van der Waals surface area contributed by atoms with E-state index in [9.17, 15) is 14.4 Å². The Labute approximate surface area is 197 Å². The van der Waals surface area contributed by atoms with Crippen LogP contribution >= 0.6 is 11.3 Å². The van der Waals surface area contributed by atoms with E-state index in [2.05, 4.69) is 0 Å². The zero-order valence-electron chi connectivity index (χ0n) is 18.5. The first-order valence-corrected chi connectivity index (χ1v) is 11.9. The number of Topliss-reactive ketones (excluding diaryl/α,β-unsaturated/α-hetero) is 1. The number of aryl methyl sites for hydroxylation is 1. The monoisotopic (exact) mass is 462 g/mol. The van der Waals surface area contributed by atoms with Gasteiger partial charge in [-0.05, 0) is 60.3 Å². The molecule has 1 aromatic heterocycles. The van der Waals surface area contributed by atoms with Crippen molar-refractivity contribution in [1.29, 1.82) is 0 Å². The average molecular weight is 463 g/mol. The highest BCUT2D eigenvalue weighted by Crippen LogP contribution is 2.22. The molecule has 1 saturated heterocycles. The summed E-state index contributed by atoms with van der Waals surface area (Å²) in [4.78, 5) is 42.1. The van der Waals surface area contributed by atoms with Gasteiger partial charge >= 0.3 is 0 Å². The Balaban J connectivity index is 1.23. The van der Waals surface area contributed by atoms with E-state index in [1.54, 1.807) is 34.1 Å². The van der Waals surface area contributed by atoms with Gasteiger partial charge in [0, 0.05) is 44.6 Å². The van der Waals surface area contributed by atoms with Crippen molar-refractivity contribution in [2.45, 2.75) is 19.8 Å². The quantitative estimate of drug-likeness (QED) is 0.473. The number of piperazine rings is 1. The molecule has 4 rings (SSSR count). The smallest absolute Gasteiger partial charge is 0.264 e. The largest absolute Gasteiger partial charge is 0.457 e. The fourth-order valence-electron chi connectivity index (χ4n) is 3.75. The highest BCUT2D eigenvalue weighted by atomic mass is 32.1. The molecule has 2 amide bonds. The second-order valence-corrected chi connectivity index (χ2v) is 8.88. The molecule has 33 heavy (non-hydrogen) atoms. The van der Waals surface area contributed by atoms with Crippen LogP contribution in [0.25, 0.3) is 0 Å². The summed E-state index contributed by atoms with van der Waals surface area (Å²) in [7, 11) is 0. The molecule has 0 saturated carbocycles. The van der Waals surface area contributed by atoms with Crippen molar-refractivity contribution in [3.05, 3.63) is 82.0 Å². The molecular weight excluding hydrogens is 436 g/mol. The molecule has 0 bridgehead atoms. The van der Waals surface area contributed by atoms with Crippen molar-refractivity contribution in [1.82, 2.24) is 9.80 Å². The van der Waals surface area contributed by atoms with Crippen molar-refractivity contribution < 1.29 is 19.1 Å². The summed E-state index contributed by atoms with van der Waals surface area (Å²) in [5, 5.41) is 1.92. The number of amides is 2. The molecule has 1 aliphatic heterocycles. The first kappa shape index (κ1) is 22.7. The summed E-state index contributed by atoms with van der Waals surface area (Å²) in [6.07, 6.45) is 0.324. The second kappa shape index (κ2) is 10.4. The Hall–Kier alpha value is -3.45. The molecule has 7 heteroatoms. The molecule has 0 spiro atoms. The number of ketones is 1. The number of para-hydroxylation sites is 1. The summed E-state index contributed by atoms with van der Waals surface area (Å²) < 4.78 is 5.75. The van der Waals surface area contributed by atoms with Gasteiger partial charge in [-0.1, -0.05) is 18.2 Å². The number of carbonyl (C=O) groups is 3. The summed E-state index contributed by atoms with van der Waals surface area (Å²) in [5.41, 5.74) is 1.55. The Bertz CT molecular complexity index is 1120. The highest BCUT2D eigenvalue weighted by Gasteiger charge is 2.26. The first-order chi connectivity index (χ1) is 16.0. The maximum absolute atomic E-state index is 12.6. The van der Waals surface area contributed by atoms with Crippen LogP contribution in [0.2, 0.25) is 0 Å². The van der Waals surface area contributed by atoms with Crippen LogP contribution in [-0.2, 0) is 4.79 Å². The minimum atomic E-state index is -0.0726. The zero-order valence-corrected chi connectivity index (χ0v) is 19.3. The van der Waals surface area contributed by atoms with E-state index in [0.29, 0.717) is 37.5 Å². The lowest BCUT2D eigenvalue weighted by Gasteiger charge is -2.34. The number of hydrogen-bond acceptors (Lipinski definition) is 5. The van der Waals surface area contributed by atoms with Crippen LogP contribution in [0.1, 0.15) is 38.4 Å². The second-order valence-electron chi connectivity index (χ2n) is 7.97. The van der Waals surface area contributed by atoms with Gasteiger partial charge in [0.15, 0.2) is 5.78 Å². The lowest BCUT2D eigenvalue weighted by Crippen LogP contribution is -2.50. The molecular formula is C26H26N2O4S. The zero-order chi connectivity index (χ0) is 23.2. The average Bonchev–Trinajstić information content (AvgIpc) is 3.29. The minimum absolute atomic E-state index is 0.0319. The number of rotatable bonds is 7. The predicted molar refractivity (Wildman–Crippen MR) is 128 cm³/mol. The molecule has 0 aliphatic carbocycles. The molecule has 2 heterocycles. The van der Waals surface area contributed by atoms with Crippen LogP contribution in [0, 0.1) is 6.92 Å². The lowest BCUT2D eigenvalue weighted by atomic mass is 10.1. The molecule has 1 fully saturated rings. The van der Waals surface area contributed by atoms with E-state index in [1.165, 1.54) is 11.3 Å². The Morgan fingerprint density at radius 1 is 0.818 bits per heavy atom. The number of benzene rings is 2. The van der Waals surface area contributed by atoms with Crippen LogP contribution in [0.4, 0.5) is 0 Å². The third-order valence-electron chi connectivity index (χ3n) is 5.70. The summed E-state index contributed by atoms with van der Waals surface area (Å²) in [5.74, 6) is 1.29. The van der Waals surface area contributed by atoms with Gasteiger partial charge in [0.1, 0.15) is 11.5 Å². The van der Waals surface area contributed by atoms with Crippen molar-refractivity contribution in [3.63, 3.8) is 0 Å². The molecule has 1 aliphatic rings. The first-order valence-electron chi connectivity index (χ1n) is 11.0. The minimum Gasteiger partial charge on any atom is -0.457 e. The van der Waals surface area contributed by atoms with Crippen molar-refractivity contribution in [2.24, 2.45) is 0 Å². The summed E-state index contributed by atoms with van der Waals surface area (Å²) >= 11 is 1.45. The van der Waals surface area contributed by atoms with E-state index in [1.807, 2.05) is 48.7 Å². The number of carbonyl (C=O) groups excluding carboxylic acids is 3. The molecule has 0 N–H and O–H groups in total. The fraction of sp³-hybridized carbons (Fsp3) is 0.269. The van der Waals surface area contributed by atoms with Gasteiger partial charge in [-0.3, -0.25) is 14.4 Å². The number of ether oxygens (including phenoxy) is 1. The van der Waals surface area contributed by atoms with Crippen LogP contribution < -0.4 is 4.74 Å². The number of hydrogen-bond donors (Lipinski definition) is 0. The van der Waals surface area contributed by atoms with Gasteiger partial charge in [0.25, 0.3) is 5.91 Å². The Morgan fingerprint density at radius 2 is 1.45 bits per heavy atom. The van der Waals surface area contributed by atoms with Gasteiger partial charge in [-0.25, -0.2) is 0 Å². The maximum Gasteiger partial charge on any atom is 0.264 e. The molecule has 170 valence electrons. The van der Waals surface area contributed by atoms with Crippen molar-refractivity contribution >= 4 is 28.9 Å². The molecule has 2 aromatic carbocycles. The van der Waals surface area contributed by atoms with Crippen LogP contribution in [0.15, 0.2) is 66.0 Å². The van der Waals surface area contributed by atoms with Crippen LogP contribution in [-0.4, -0.2) is 53.6 Å². The molecule has 0 radical (unpaired) electrons. The van der Waals surface area contributed by atoms with E-state index in [-0.39, 0.29) is 30.4 Å². The van der Waals surface area contributed by atoms with Gasteiger partial charge in [-0.15, -0.1) is 11.3 Å². The summed E-state index contributed by atoms with van der Waals surface area (Å²) in [6, 6.07) is 18.3. The van der Waals surface area contributed by atoms with E-state index in [0.717, 1.165) is 16.2 Å². The maximum atomic E-state index is 12.6. The molecule has 0 atom stereocenters. The van der Waals surface area contributed by atoms with Crippen molar-refractivity contribution in [3.8, 4) is 11.5 Å². The van der Waals surface area contributed by atoms with E-state index < -0.39 is 0 Å². The normalized spacial score (nSPS) is 13.6. The Kier molecular flexibility index (Phi) is 7.19. The number of nitrogens with zero attached hydrogens (tertiary/aromatic N) is 2. The predicted octanol–water partition coefficient (Wildman–Crippen LogP) is 4.80. The molecule has 6 nitrogen and oxygen atoms in total. The molecule has 0 unspecified atom stereocenters. The SMILES string of the molecule is Cc1ccsc1C(=O)N1CCN(C(=O)CCC(=O)c2ccc(Oc3ccccc3)cc2)CC1. The third-order valence-corrected chi connectivity index (χ3v) is 6.70. The van der Waals surface area contributed by atoms with Crippen LogP contribution in [0.5, 0.6) is 11.5 Å². The van der Waals surface area contributed by atoms with Gasteiger partial charge in [-0.2, -0.15) is 0 Å². The highest BCUT2D eigenvalue weighted by molar-refractivity contribution is 7.12. The molecule has 3 aromatic rings. The van der Waals surface area contributed by atoms with E-state index in [4.69, 9.17) is 4.74 Å². The lowest BCUT2D eigenvalue weighted by molar-refractivity contribution is -0.132. The van der Waals surface area contributed by atoms with Gasteiger partial charge < -0.3 is 14.5 Å². The van der Waals surface area contributed by atoms with E-state index >= 15 is 0 Å². The third kappa shape index (κ3) is 5.68. The fourth-order valence-corrected chi connectivity index (χ4v) is 4.64. The number of thiophene rings is 1. The topological polar surface area (TPSA) is 66.9 Å². The Morgan fingerprint density at radius 3 is 2.09 bits per heavy atom. The standard InChI is InChI=1S/C26H26N2O4S/c1-19-13-18-33-25(19)26(31)28-16-14-27(15-17-28)24(30)12-11-23(29)20-7-9-22(10-8-20)32-21-5-3-2-4-6-21/h2-10,13,18H,11-12,14-17H2,1H3. The van der Waals surface area contributed by atoms with Gasteiger partial charge in [0.2, 0.25) is 5.91 Å². The van der Waals surface area contributed by atoms with Crippen molar-refractivity contribution in [2.75, 3.05) is 26.2 Å². The van der Waals surface area contributed by atoms with Gasteiger partial charge in [0.05, 0.1) is 4.88 Å². The summed E-state index contributed by atoms with van der Waals surface area (Å²) in [6.45, 7) is 3.95. The van der Waals surface area contributed by atoms with Crippen LogP contribution in [0.3, 0.4) is 0 Å².